The summed E-state index contributed by atoms with van der Waals surface area (Å²) >= 11 is 0. The Hall–Kier alpha value is -2.77. The first-order valence-corrected chi connectivity index (χ1v) is 8.34. The monoisotopic (exact) mass is 364 g/mol. The van der Waals surface area contributed by atoms with Crippen molar-refractivity contribution in [2.45, 2.75) is 19.8 Å². The number of carbonyl (C=O) groups is 3. The SMILES string of the molecule is COc1cc(C(=O)OCC(=O)N2CCC(C(N)=O)CC2)cc(OC)c1C. The molecule has 1 fully saturated rings. The largest absolute Gasteiger partial charge is 0.496 e. The Bertz CT molecular complexity index is 670. The highest BCUT2D eigenvalue weighted by atomic mass is 16.5. The van der Waals surface area contributed by atoms with Crippen LogP contribution in [0, 0.1) is 12.8 Å². The van der Waals surface area contributed by atoms with Gasteiger partial charge in [-0.1, -0.05) is 0 Å². The van der Waals surface area contributed by atoms with Crippen molar-refractivity contribution in [2.24, 2.45) is 11.7 Å². The van der Waals surface area contributed by atoms with E-state index in [-0.39, 0.29) is 29.9 Å². The zero-order valence-electron chi connectivity index (χ0n) is 15.2. The van der Waals surface area contributed by atoms with Gasteiger partial charge in [0.2, 0.25) is 5.91 Å². The summed E-state index contributed by atoms with van der Waals surface area (Å²) in [4.78, 5) is 37.2. The highest BCUT2D eigenvalue weighted by molar-refractivity contribution is 5.92. The molecule has 0 bridgehead atoms. The van der Waals surface area contributed by atoms with Gasteiger partial charge >= 0.3 is 5.97 Å². The third-order valence-corrected chi connectivity index (χ3v) is 4.56. The lowest BCUT2D eigenvalue weighted by molar-refractivity contribution is -0.137. The highest BCUT2D eigenvalue weighted by Crippen LogP contribution is 2.29. The van der Waals surface area contributed by atoms with E-state index in [0.717, 1.165) is 5.56 Å². The highest BCUT2D eigenvalue weighted by Gasteiger charge is 2.26. The van der Waals surface area contributed by atoms with Gasteiger partial charge in [0.15, 0.2) is 6.61 Å². The van der Waals surface area contributed by atoms with Crippen molar-refractivity contribution in [2.75, 3.05) is 33.9 Å². The summed E-state index contributed by atoms with van der Waals surface area (Å²) in [7, 11) is 2.99. The molecule has 0 aromatic heterocycles. The molecule has 8 heteroatoms. The maximum absolute atomic E-state index is 12.3. The van der Waals surface area contributed by atoms with Gasteiger partial charge in [0, 0.05) is 24.6 Å². The van der Waals surface area contributed by atoms with Crippen molar-refractivity contribution in [3.8, 4) is 11.5 Å². The average Bonchev–Trinajstić information content (AvgIpc) is 2.65. The van der Waals surface area contributed by atoms with Gasteiger partial charge in [-0.25, -0.2) is 4.79 Å². The molecule has 1 aromatic rings. The Balaban J connectivity index is 1.94. The van der Waals surface area contributed by atoms with E-state index in [1.54, 1.807) is 17.0 Å². The molecule has 2 amide bonds. The standard InChI is InChI=1S/C18H24N2O6/c1-11-14(24-2)8-13(9-15(11)25-3)18(23)26-10-16(21)20-6-4-12(5-7-20)17(19)22/h8-9,12H,4-7,10H2,1-3H3,(H2,19,22). The number of amides is 2. The molecular formula is C18H24N2O6. The molecule has 8 nitrogen and oxygen atoms in total. The zero-order valence-corrected chi connectivity index (χ0v) is 15.2. The minimum atomic E-state index is -0.637. The first-order valence-electron chi connectivity index (χ1n) is 8.34. The van der Waals surface area contributed by atoms with Crippen molar-refractivity contribution in [3.05, 3.63) is 23.3 Å². The van der Waals surface area contributed by atoms with E-state index in [9.17, 15) is 14.4 Å². The molecule has 142 valence electrons. The molecule has 26 heavy (non-hydrogen) atoms. The topological polar surface area (TPSA) is 108 Å². The molecule has 1 heterocycles. The van der Waals surface area contributed by atoms with Crippen LogP contribution in [0.5, 0.6) is 11.5 Å². The number of hydrogen-bond donors (Lipinski definition) is 1. The lowest BCUT2D eigenvalue weighted by Gasteiger charge is -2.30. The summed E-state index contributed by atoms with van der Waals surface area (Å²) in [5, 5.41) is 0. The van der Waals surface area contributed by atoms with Crippen LogP contribution in [-0.4, -0.2) is 56.6 Å². The first kappa shape index (κ1) is 19.6. The fraction of sp³-hybridized carbons (Fsp3) is 0.500. The maximum atomic E-state index is 12.3. The van der Waals surface area contributed by atoms with Gasteiger partial charge < -0.3 is 24.8 Å². The molecule has 0 aliphatic carbocycles. The van der Waals surface area contributed by atoms with Gasteiger partial charge in [0.1, 0.15) is 11.5 Å². The lowest BCUT2D eigenvalue weighted by Crippen LogP contribution is -2.43. The van der Waals surface area contributed by atoms with Crippen LogP contribution in [0.2, 0.25) is 0 Å². The van der Waals surface area contributed by atoms with E-state index in [4.69, 9.17) is 19.9 Å². The molecule has 2 N–H and O–H groups in total. The number of piperidine rings is 1. The second-order valence-corrected chi connectivity index (χ2v) is 6.14. The van der Waals surface area contributed by atoms with E-state index in [2.05, 4.69) is 0 Å². The van der Waals surface area contributed by atoms with Crippen molar-refractivity contribution in [3.63, 3.8) is 0 Å². The number of likely N-dealkylation sites (tertiary alicyclic amines) is 1. The maximum Gasteiger partial charge on any atom is 0.338 e. The molecule has 0 saturated carbocycles. The van der Waals surface area contributed by atoms with Crippen LogP contribution in [0.3, 0.4) is 0 Å². The van der Waals surface area contributed by atoms with Crippen LogP contribution in [0.25, 0.3) is 0 Å². The van der Waals surface area contributed by atoms with Crippen LogP contribution in [0.1, 0.15) is 28.8 Å². The van der Waals surface area contributed by atoms with E-state index in [1.807, 2.05) is 6.92 Å². The third kappa shape index (κ3) is 4.44. The number of rotatable bonds is 6. The van der Waals surface area contributed by atoms with E-state index < -0.39 is 5.97 Å². The normalized spacial score (nSPS) is 14.7. The molecule has 1 aliphatic rings. The Labute approximate surface area is 152 Å². The number of nitrogens with two attached hydrogens (primary N) is 1. The first-order chi connectivity index (χ1) is 12.4. The Morgan fingerprint density at radius 1 is 1.12 bits per heavy atom. The number of methoxy groups -OCH3 is 2. The molecule has 0 radical (unpaired) electrons. The minimum Gasteiger partial charge on any atom is -0.496 e. The predicted molar refractivity (Wildman–Crippen MR) is 93.1 cm³/mol. The van der Waals surface area contributed by atoms with Gasteiger partial charge in [-0.05, 0) is 31.9 Å². The van der Waals surface area contributed by atoms with Crippen LogP contribution < -0.4 is 15.2 Å². The molecule has 0 spiro atoms. The Morgan fingerprint density at radius 2 is 1.65 bits per heavy atom. The molecule has 1 aliphatic heterocycles. The minimum absolute atomic E-state index is 0.200. The quantitative estimate of drug-likeness (QED) is 0.751. The fourth-order valence-corrected chi connectivity index (χ4v) is 2.92. The summed E-state index contributed by atoms with van der Waals surface area (Å²) in [6.45, 7) is 2.30. The van der Waals surface area contributed by atoms with Crippen molar-refractivity contribution >= 4 is 17.8 Å². The van der Waals surface area contributed by atoms with Crippen LogP contribution >= 0.6 is 0 Å². The molecule has 1 aromatic carbocycles. The van der Waals surface area contributed by atoms with E-state index in [1.165, 1.54) is 14.2 Å². The summed E-state index contributed by atoms with van der Waals surface area (Å²) in [5.74, 6) is -0.485. The number of esters is 1. The predicted octanol–water partition coefficient (Wildman–Crippen LogP) is 0.893. The third-order valence-electron chi connectivity index (χ3n) is 4.56. The fourth-order valence-electron chi connectivity index (χ4n) is 2.92. The molecule has 2 rings (SSSR count). The number of nitrogens with zero attached hydrogens (tertiary/aromatic N) is 1. The zero-order chi connectivity index (χ0) is 19.3. The summed E-state index contributed by atoms with van der Waals surface area (Å²) in [6.07, 6.45) is 1.06. The second kappa shape index (κ2) is 8.55. The molecule has 1 saturated heterocycles. The number of benzene rings is 1. The van der Waals surface area contributed by atoms with Gasteiger partial charge in [-0.15, -0.1) is 0 Å². The van der Waals surface area contributed by atoms with Crippen molar-refractivity contribution < 1.29 is 28.6 Å². The van der Waals surface area contributed by atoms with E-state index >= 15 is 0 Å². The van der Waals surface area contributed by atoms with Crippen LogP contribution in [0.4, 0.5) is 0 Å². The van der Waals surface area contributed by atoms with Crippen LogP contribution in [0.15, 0.2) is 12.1 Å². The van der Waals surface area contributed by atoms with Gasteiger partial charge in [0.25, 0.3) is 5.91 Å². The number of carbonyl (C=O) groups excluding carboxylic acids is 3. The van der Waals surface area contributed by atoms with Gasteiger partial charge in [-0.3, -0.25) is 9.59 Å². The molecule has 0 unspecified atom stereocenters. The number of hydrogen-bond acceptors (Lipinski definition) is 6. The van der Waals surface area contributed by atoms with Crippen molar-refractivity contribution in [1.82, 2.24) is 4.90 Å². The molecule has 0 atom stereocenters. The average molecular weight is 364 g/mol. The lowest BCUT2D eigenvalue weighted by atomic mass is 9.96. The summed E-state index contributed by atoms with van der Waals surface area (Å²) in [5.41, 5.74) is 6.28. The number of ether oxygens (including phenoxy) is 3. The smallest absolute Gasteiger partial charge is 0.338 e. The number of primary amides is 1. The van der Waals surface area contributed by atoms with Gasteiger partial charge in [0.05, 0.1) is 19.8 Å². The molecular weight excluding hydrogens is 340 g/mol. The second-order valence-electron chi connectivity index (χ2n) is 6.14. The van der Waals surface area contributed by atoms with Crippen molar-refractivity contribution in [1.29, 1.82) is 0 Å². The summed E-state index contributed by atoms with van der Waals surface area (Å²) in [6, 6.07) is 3.09. The van der Waals surface area contributed by atoms with E-state index in [0.29, 0.717) is 37.4 Å². The summed E-state index contributed by atoms with van der Waals surface area (Å²) < 4.78 is 15.6. The Morgan fingerprint density at radius 3 is 2.12 bits per heavy atom. The van der Waals surface area contributed by atoms with Gasteiger partial charge in [-0.2, -0.15) is 0 Å². The Kier molecular flexibility index (Phi) is 6.43. The van der Waals surface area contributed by atoms with Crippen LogP contribution in [-0.2, 0) is 14.3 Å².